The summed E-state index contributed by atoms with van der Waals surface area (Å²) < 4.78 is 86.8. The van der Waals surface area contributed by atoms with Gasteiger partial charge in [0.15, 0.2) is 0 Å². The van der Waals surface area contributed by atoms with E-state index in [9.17, 15) is 4.57 Å². The van der Waals surface area contributed by atoms with Gasteiger partial charge in [0.25, 0.3) is 0 Å². The minimum absolute atomic E-state index is 0.0208. The molecule has 0 aromatic heterocycles. The highest BCUT2D eigenvalue weighted by atomic mass is 35.5. The second-order valence-corrected chi connectivity index (χ2v) is 4.42. The molecule has 0 spiro atoms. The highest BCUT2D eigenvalue weighted by molar-refractivity contribution is 7.54. The van der Waals surface area contributed by atoms with Crippen molar-refractivity contribution in [2.24, 2.45) is 0 Å². The third kappa shape index (κ3) is 3.37. The Morgan fingerprint density at radius 2 is 2.29 bits per heavy atom. The molecule has 1 aliphatic heterocycles. The van der Waals surface area contributed by atoms with E-state index in [1.54, 1.807) is 0 Å². The minimum atomic E-state index is -4.99. The molecule has 1 saturated heterocycles. The van der Waals surface area contributed by atoms with E-state index in [1.807, 2.05) is 0 Å². The highest BCUT2D eigenvalue weighted by Crippen LogP contribution is 2.47. The van der Waals surface area contributed by atoms with Gasteiger partial charge in [0, 0.05) is 42.2 Å². The molecule has 1 N–H and O–H groups in total. The van der Waals surface area contributed by atoms with Crippen LogP contribution < -0.4 is 5.08 Å². The fourth-order valence-electron chi connectivity index (χ4n) is 0.726. The number of nitrogens with zero attached hydrogens (tertiary/aromatic N) is 1. The molecule has 14 heavy (non-hydrogen) atoms. The first-order valence-corrected chi connectivity index (χ1v) is 6.17. The van der Waals surface area contributed by atoms with E-state index in [1.165, 1.54) is 0 Å². The number of hydrogen-bond acceptors (Lipinski definition) is 2. The van der Waals surface area contributed by atoms with Crippen LogP contribution in [0.5, 0.6) is 0 Å². The van der Waals surface area contributed by atoms with Gasteiger partial charge in [-0.1, -0.05) is 0 Å². The summed E-state index contributed by atoms with van der Waals surface area (Å²) in [6.07, 6.45) is -2.73. The number of hydrogen-bond donors (Lipinski definition) is 1. The van der Waals surface area contributed by atoms with E-state index in [4.69, 9.17) is 40.1 Å². The molecule has 1 rings (SSSR count). The van der Waals surface area contributed by atoms with Crippen LogP contribution in [0.15, 0.2) is 0 Å². The average Bonchev–Trinajstić information content (AvgIpc) is 2.42. The van der Waals surface area contributed by atoms with E-state index in [-0.39, 0.29) is 9.75 Å². The number of nitrogens with one attached hydrogen (secondary N) is 1. The lowest BCUT2D eigenvalue weighted by atomic mass is 10.5. The van der Waals surface area contributed by atoms with Crippen LogP contribution in [0.25, 0.3) is 0 Å². The van der Waals surface area contributed by atoms with Gasteiger partial charge in [-0.3, -0.25) is 4.57 Å². The Labute approximate surface area is 107 Å². The van der Waals surface area contributed by atoms with Crippen LogP contribution in [0.1, 0.15) is 17.3 Å². The molecular formula is C7H15Cl2N2O2P. The predicted molar refractivity (Wildman–Crippen MR) is 59.2 cm³/mol. The normalized spacial score (nSPS) is 48.4. The smallest absolute Gasteiger partial charge is 0.306 e. The molecule has 1 atom stereocenters. The van der Waals surface area contributed by atoms with Crippen molar-refractivity contribution in [2.45, 2.75) is 6.37 Å². The van der Waals surface area contributed by atoms with Crippen LogP contribution in [0.4, 0.5) is 0 Å². The molecule has 1 aliphatic rings. The summed E-state index contributed by atoms with van der Waals surface area (Å²) in [5.41, 5.74) is 0. The lowest BCUT2D eigenvalue weighted by molar-refractivity contribution is 0.233. The van der Waals surface area contributed by atoms with Gasteiger partial charge in [0.1, 0.15) is 1.41 Å². The molecule has 0 amide bonds. The molecule has 4 nitrogen and oxygen atoms in total. The third-order valence-electron chi connectivity index (χ3n) is 1.23. The first-order chi connectivity index (χ1) is 10.1. The third-order valence-corrected chi connectivity index (χ3v) is 3.08. The van der Waals surface area contributed by atoms with E-state index in [0.717, 1.165) is 0 Å². The van der Waals surface area contributed by atoms with Gasteiger partial charge >= 0.3 is 7.67 Å². The molecule has 0 radical (unpaired) electrons. The quantitative estimate of drug-likeness (QED) is 0.612. The monoisotopic (exact) mass is 269 g/mol. The second kappa shape index (κ2) is 6.31. The van der Waals surface area contributed by atoms with Crippen molar-refractivity contribution in [1.82, 2.24) is 9.75 Å². The topological polar surface area (TPSA) is 41.6 Å². The first kappa shape index (κ1) is 4.91. The van der Waals surface area contributed by atoms with Crippen molar-refractivity contribution < 1.29 is 21.5 Å². The summed E-state index contributed by atoms with van der Waals surface area (Å²) >= 11 is 10.9. The van der Waals surface area contributed by atoms with Crippen molar-refractivity contribution in [3.63, 3.8) is 0 Å². The SMILES string of the molecule is [2H]N1C([2H])([2H])C([2H])([2H])COP1(=O)N(C([2H])([2H])CCl)C([2H])([2H])CCl. The Bertz CT molecular complexity index is 492. The van der Waals surface area contributed by atoms with Crippen LogP contribution in [0.2, 0.25) is 1.41 Å². The predicted octanol–water partition coefficient (Wildman–Crippen LogP) is 1.88. The first-order valence-electron chi connectivity index (χ1n) is 8.02. The van der Waals surface area contributed by atoms with Crippen LogP contribution in [0, 0.1) is 0 Å². The van der Waals surface area contributed by atoms with Gasteiger partial charge in [0.05, 0.1) is 6.61 Å². The molecule has 1 heterocycles. The Morgan fingerprint density at radius 1 is 1.64 bits per heavy atom. The second-order valence-electron chi connectivity index (χ2n) is 2.05. The molecule has 7 heteroatoms. The molecule has 0 aliphatic carbocycles. The molecule has 0 aromatic rings. The lowest BCUT2D eigenvalue weighted by Crippen LogP contribution is -2.35. The van der Waals surface area contributed by atoms with E-state index in [0.29, 0.717) is 0 Å². The van der Waals surface area contributed by atoms with E-state index in [2.05, 4.69) is 0 Å². The van der Waals surface area contributed by atoms with Gasteiger partial charge in [0.2, 0.25) is 0 Å². The van der Waals surface area contributed by atoms with E-state index >= 15 is 0 Å². The summed E-state index contributed by atoms with van der Waals surface area (Å²) in [6, 6.07) is 0. The van der Waals surface area contributed by atoms with Crippen LogP contribution in [-0.4, -0.2) is 42.5 Å². The maximum absolute atomic E-state index is 13.0. The molecule has 1 unspecified atom stereocenters. The maximum Gasteiger partial charge on any atom is 0.343 e. The van der Waals surface area contributed by atoms with Crippen LogP contribution in [-0.2, 0) is 9.09 Å². The zero-order valence-corrected chi connectivity index (χ0v) is 9.44. The number of rotatable bonds is 5. The van der Waals surface area contributed by atoms with Gasteiger partial charge < -0.3 is 4.52 Å². The fourth-order valence-corrected chi connectivity index (χ4v) is 2.32. The largest absolute Gasteiger partial charge is 0.343 e. The Hall–Kier alpha value is 0.690. The van der Waals surface area contributed by atoms with Crippen molar-refractivity contribution in [2.75, 3.05) is 37.9 Å². The molecule has 0 bridgehead atoms. The molecule has 1 fully saturated rings. The van der Waals surface area contributed by atoms with Crippen molar-refractivity contribution in [1.29, 1.82) is 0 Å². The van der Waals surface area contributed by atoms with Gasteiger partial charge in [-0.15, -0.1) is 23.2 Å². The molecule has 0 aromatic carbocycles. The summed E-state index contributed by atoms with van der Waals surface area (Å²) in [5, 5.41) is -0.377. The molecule has 84 valence electrons. The molecule has 0 saturated carbocycles. The average molecular weight is 270 g/mol. The van der Waals surface area contributed by atoms with Crippen LogP contribution in [0.3, 0.4) is 0 Å². The number of alkyl halides is 2. The summed E-state index contributed by atoms with van der Waals surface area (Å²) in [6.45, 7) is -9.83. The summed E-state index contributed by atoms with van der Waals surface area (Å²) in [5.74, 6) is -1.75. The molecular weight excluding hydrogens is 246 g/mol. The van der Waals surface area contributed by atoms with Crippen molar-refractivity contribution in [3.05, 3.63) is 0 Å². The Balaban J connectivity index is 3.51. The standard InChI is InChI=1S/C7H15Cl2N2O2P/c8-2-5-11(6-3-9)14(12)10-4-1-7-13-14/h1-7H2,(H,10,12)/i1D2,4D2,5D2,6D2/hD. The summed E-state index contributed by atoms with van der Waals surface area (Å²) in [7, 11) is -4.99. The Morgan fingerprint density at radius 3 is 2.86 bits per heavy atom. The fraction of sp³-hybridized carbons (Fsp3) is 1.00. The highest BCUT2D eigenvalue weighted by Gasteiger charge is 2.32. The van der Waals surface area contributed by atoms with Gasteiger partial charge in [-0.25, -0.2) is 9.75 Å². The zero-order valence-electron chi connectivity index (χ0n) is 16.0. The minimum Gasteiger partial charge on any atom is -0.306 e. The zero-order chi connectivity index (χ0) is 18.5. The summed E-state index contributed by atoms with van der Waals surface area (Å²) in [4.78, 5) is 0. The van der Waals surface area contributed by atoms with Crippen molar-refractivity contribution in [3.8, 4) is 0 Å². The number of halogens is 2. The Kier molecular flexibility index (Phi) is 2.21. The van der Waals surface area contributed by atoms with Crippen LogP contribution >= 0.6 is 30.9 Å². The van der Waals surface area contributed by atoms with Crippen molar-refractivity contribution >= 4 is 30.9 Å². The van der Waals surface area contributed by atoms with E-state index < -0.39 is 51.9 Å². The lowest BCUT2D eigenvalue weighted by Gasteiger charge is -2.33. The van der Waals surface area contributed by atoms with Gasteiger partial charge in [-0.05, 0) is 6.37 Å². The maximum atomic E-state index is 13.0. The van der Waals surface area contributed by atoms with Gasteiger partial charge in [-0.2, -0.15) is 0 Å².